The highest BCUT2D eigenvalue weighted by Crippen LogP contribution is 2.29. The van der Waals surface area contributed by atoms with Crippen LogP contribution in [0, 0.1) is 6.92 Å². The normalized spacial score (nSPS) is 20.8. The largest absolute Gasteiger partial charge is 0.391 e. The Labute approximate surface area is 111 Å². The number of ether oxygens (including phenoxy) is 1. The minimum absolute atomic E-state index is 0.0909. The van der Waals surface area contributed by atoms with Gasteiger partial charge in [0.1, 0.15) is 0 Å². The lowest BCUT2D eigenvalue weighted by Crippen LogP contribution is -2.37. The first-order valence-corrected chi connectivity index (χ1v) is 7.98. The maximum Gasteiger partial charge on any atom is 0.244 e. The molecule has 7 heteroatoms. The fourth-order valence-electron chi connectivity index (χ4n) is 2.02. The number of aliphatic hydroxyl groups is 1. The fraction of sp³-hybridized carbons (Fsp3) is 0.636. The van der Waals surface area contributed by atoms with Gasteiger partial charge in [-0.25, -0.2) is 8.42 Å². The van der Waals surface area contributed by atoms with Gasteiger partial charge in [-0.2, -0.15) is 4.31 Å². The number of nitrogens with zero attached hydrogens (tertiary/aromatic N) is 1. The van der Waals surface area contributed by atoms with Crippen LogP contribution in [0.25, 0.3) is 0 Å². The van der Waals surface area contributed by atoms with Gasteiger partial charge in [0.15, 0.2) is 0 Å². The maximum atomic E-state index is 12.5. The van der Waals surface area contributed by atoms with E-state index in [0.717, 1.165) is 6.42 Å². The number of thiophene rings is 1. The summed E-state index contributed by atoms with van der Waals surface area (Å²) in [7, 11) is -1.90. The van der Waals surface area contributed by atoms with E-state index in [1.165, 1.54) is 15.6 Å². The smallest absolute Gasteiger partial charge is 0.244 e. The van der Waals surface area contributed by atoms with E-state index in [4.69, 9.17) is 9.84 Å². The number of aryl methyl sites for hydroxylation is 1. The Morgan fingerprint density at radius 1 is 1.61 bits per heavy atom. The number of hydrogen-bond acceptors (Lipinski definition) is 5. The van der Waals surface area contributed by atoms with Gasteiger partial charge in [0, 0.05) is 23.4 Å². The van der Waals surface area contributed by atoms with Crippen molar-refractivity contribution < 1.29 is 18.3 Å². The van der Waals surface area contributed by atoms with Crippen LogP contribution >= 0.6 is 11.3 Å². The number of hydrogen-bond donors (Lipinski definition) is 1. The minimum Gasteiger partial charge on any atom is -0.391 e. The van der Waals surface area contributed by atoms with E-state index >= 15 is 0 Å². The van der Waals surface area contributed by atoms with Crippen LogP contribution in [0.1, 0.15) is 16.2 Å². The van der Waals surface area contributed by atoms with Crippen molar-refractivity contribution in [2.45, 2.75) is 30.9 Å². The van der Waals surface area contributed by atoms with E-state index in [0.29, 0.717) is 27.9 Å². The summed E-state index contributed by atoms with van der Waals surface area (Å²) in [5.41, 5.74) is 0. The molecule has 1 atom stereocenters. The molecule has 18 heavy (non-hydrogen) atoms. The first-order chi connectivity index (χ1) is 8.46. The highest BCUT2D eigenvalue weighted by atomic mass is 32.2. The lowest BCUT2D eigenvalue weighted by molar-refractivity contribution is 0.181. The summed E-state index contributed by atoms with van der Waals surface area (Å²) in [5.74, 6) is 0. The van der Waals surface area contributed by atoms with Crippen LogP contribution in [0.2, 0.25) is 0 Å². The fourth-order valence-corrected chi connectivity index (χ4v) is 4.85. The van der Waals surface area contributed by atoms with Crippen molar-refractivity contribution in [1.29, 1.82) is 0 Å². The topological polar surface area (TPSA) is 66.8 Å². The van der Waals surface area contributed by atoms with Gasteiger partial charge in [-0.1, -0.05) is 0 Å². The van der Waals surface area contributed by atoms with Gasteiger partial charge >= 0.3 is 0 Å². The maximum absolute atomic E-state index is 12.5. The molecule has 0 aliphatic carbocycles. The molecule has 1 fully saturated rings. The molecule has 1 aliphatic heterocycles. The van der Waals surface area contributed by atoms with Gasteiger partial charge in [-0.05, 0) is 19.4 Å². The molecular formula is C11H17NO4S2. The number of rotatable bonds is 4. The zero-order chi connectivity index (χ0) is 13.3. The third kappa shape index (κ3) is 2.46. The predicted molar refractivity (Wildman–Crippen MR) is 69.2 cm³/mol. The van der Waals surface area contributed by atoms with Gasteiger partial charge in [-0.15, -0.1) is 11.3 Å². The molecule has 2 heterocycles. The third-order valence-corrected chi connectivity index (χ3v) is 6.36. The Kier molecular flexibility index (Phi) is 4.08. The van der Waals surface area contributed by atoms with E-state index in [1.54, 1.807) is 20.0 Å². The monoisotopic (exact) mass is 291 g/mol. The molecule has 0 aromatic carbocycles. The van der Waals surface area contributed by atoms with Crippen LogP contribution in [0.4, 0.5) is 0 Å². The summed E-state index contributed by atoms with van der Waals surface area (Å²) < 4.78 is 31.5. The molecule has 102 valence electrons. The molecule has 1 N–H and O–H groups in total. The average molecular weight is 291 g/mol. The first kappa shape index (κ1) is 14.0. The first-order valence-electron chi connectivity index (χ1n) is 5.72. The Bertz CT molecular complexity index is 517. The van der Waals surface area contributed by atoms with Crippen LogP contribution in [-0.2, 0) is 21.4 Å². The van der Waals surface area contributed by atoms with Crippen LogP contribution < -0.4 is 0 Å². The van der Waals surface area contributed by atoms with Gasteiger partial charge in [0.2, 0.25) is 10.0 Å². The molecule has 0 amide bonds. The zero-order valence-corrected chi connectivity index (χ0v) is 12.1. The van der Waals surface area contributed by atoms with Gasteiger partial charge in [0.05, 0.1) is 24.2 Å². The standard InChI is InChI=1S/C11H17NO4S2/c1-8-11(5-10(6-13)17-8)18(14,15)12(2)9-3-4-16-7-9/h5,9,13H,3-4,6-7H2,1-2H3. The molecule has 1 aliphatic rings. The second-order valence-electron chi connectivity index (χ2n) is 4.33. The van der Waals surface area contributed by atoms with Gasteiger partial charge in [0.25, 0.3) is 0 Å². The summed E-state index contributed by atoms with van der Waals surface area (Å²) in [4.78, 5) is 1.68. The van der Waals surface area contributed by atoms with Crippen LogP contribution in [0.5, 0.6) is 0 Å². The molecule has 1 saturated heterocycles. The summed E-state index contributed by atoms with van der Waals surface area (Å²) in [6.45, 7) is 2.69. The molecule has 0 saturated carbocycles. The molecule has 0 bridgehead atoms. The van der Waals surface area contributed by atoms with Crippen LogP contribution in [-0.4, -0.2) is 44.1 Å². The molecule has 2 rings (SSSR count). The quantitative estimate of drug-likeness (QED) is 0.897. The molecule has 1 aromatic rings. The van der Waals surface area contributed by atoms with E-state index in [1.807, 2.05) is 0 Å². The SMILES string of the molecule is Cc1sc(CO)cc1S(=O)(=O)N(C)C1CCOC1. The third-order valence-electron chi connectivity index (χ3n) is 3.16. The molecule has 5 nitrogen and oxygen atoms in total. The van der Waals surface area contributed by atoms with Crippen LogP contribution in [0.3, 0.4) is 0 Å². The molecule has 0 spiro atoms. The number of aliphatic hydroxyl groups excluding tert-OH is 1. The lowest BCUT2D eigenvalue weighted by atomic mass is 10.3. The van der Waals surface area contributed by atoms with E-state index in [-0.39, 0.29) is 12.6 Å². The van der Waals surface area contributed by atoms with E-state index in [2.05, 4.69) is 0 Å². The molecular weight excluding hydrogens is 274 g/mol. The Balaban J connectivity index is 2.31. The van der Waals surface area contributed by atoms with Gasteiger partial charge in [-0.3, -0.25) is 0 Å². The van der Waals surface area contributed by atoms with Crippen molar-refractivity contribution in [3.05, 3.63) is 15.8 Å². The average Bonchev–Trinajstić information content (AvgIpc) is 2.96. The van der Waals surface area contributed by atoms with Crippen LogP contribution in [0.15, 0.2) is 11.0 Å². The number of sulfonamides is 1. The Morgan fingerprint density at radius 3 is 2.83 bits per heavy atom. The molecule has 0 radical (unpaired) electrons. The Morgan fingerprint density at radius 2 is 2.33 bits per heavy atom. The number of likely N-dealkylation sites (N-methyl/N-ethyl adjacent to an activating group) is 1. The second-order valence-corrected chi connectivity index (χ2v) is 7.64. The van der Waals surface area contributed by atoms with Crippen molar-refractivity contribution in [3.8, 4) is 0 Å². The van der Waals surface area contributed by atoms with Crippen molar-refractivity contribution in [2.24, 2.45) is 0 Å². The second kappa shape index (κ2) is 5.26. The van der Waals surface area contributed by atoms with Crippen molar-refractivity contribution >= 4 is 21.4 Å². The summed E-state index contributed by atoms with van der Waals surface area (Å²) in [6, 6.07) is 1.47. The Hall–Kier alpha value is -0.470. The molecule has 1 unspecified atom stereocenters. The van der Waals surface area contributed by atoms with E-state index < -0.39 is 10.0 Å². The van der Waals surface area contributed by atoms with Crippen molar-refractivity contribution in [2.75, 3.05) is 20.3 Å². The molecule has 1 aromatic heterocycles. The van der Waals surface area contributed by atoms with E-state index in [9.17, 15) is 8.42 Å². The highest BCUT2D eigenvalue weighted by Gasteiger charge is 2.32. The summed E-state index contributed by atoms with van der Waals surface area (Å²) in [6.07, 6.45) is 0.728. The highest BCUT2D eigenvalue weighted by molar-refractivity contribution is 7.89. The predicted octanol–water partition coefficient (Wildman–Crippen LogP) is 0.958. The van der Waals surface area contributed by atoms with Crippen molar-refractivity contribution in [3.63, 3.8) is 0 Å². The van der Waals surface area contributed by atoms with Gasteiger partial charge < -0.3 is 9.84 Å². The summed E-state index contributed by atoms with van der Waals surface area (Å²) >= 11 is 1.31. The van der Waals surface area contributed by atoms with Crippen molar-refractivity contribution in [1.82, 2.24) is 4.31 Å². The summed E-state index contributed by atoms with van der Waals surface area (Å²) in [5, 5.41) is 9.07. The zero-order valence-electron chi connectivity index (χ0n) is 10.4. The minimum atomic E-state index is -3.49. The lowest BCUT2D eigenvalue weighted by Gasteiger charge is -2.22.